The van der Waals surface area contributed by atoms with Gasteiger partial charge in [-0.05, 0) is 28.3 Å². The van der Waals surface area contributed by atoms with E-state index in [0.717, 1.165) is 32.8 Å². The topological polar surface area (TPSA) is 62.7 Å². The first-order chi connectivity index (χ1) is 15.3. The van der Waals surface area contributed by atoms with Crippen LogP contribution in [0.15, 0.2) is 84.0 Å². The number of hydrazone groups is 1. The molecule has 5 heteroatoms. The molecule has 0 spiro atoms. The smallest absolute Gasteiger partial charge is 0.259 e. The van der Waals surface area contributed by atoms with E-state index in [4.69, 9.17) is 11.2 Å². The Morgan fingerprint density at radius 2 is 1.65 bits per heavy atom. The number of nitrogens with one attached hydrogen (secondary N) is 2. The third-order valence-electron chi connectivity index (χ3n) is 4.85. The zero-order valence-corrected chi connectivity index (χ0v) is 16.8. The maximum Gasteiger partial charge on any atom is 0.259 e. The molecule has 4 aromatic rings. The van der Waals surface area contributed by atoms with E-state index in [2.05, 4.69) is 21.8 Å². The van der Waals surface area contributed by atoms with Gasteiger partial charge in [0.25, 0.3) is 5.91 Å². The predicted molar refractivity (Wildman–Crippen MR) is 126 cm³/mol. The van der Waals surface area contributed by atoms with Crippen LogP contribution < -0.4 is 15.5 Å². The molecule has 0 fully saturated rings. The second kappa shape index (κ2) is 9.47. The van der Waals surface area contributed by atoms with E-state index in [1.807, 2.05) is 78.9 Å². The van der Waals surface area contributed by atoms with Gasteiger partial charge in [0.2, 0.25) is 0 Å². The van der Waals surface area contributed by atoms with E-state index in [0.29, 0.717) is 5.75 Å². The average Bonchev–Trinajstić information content (AvgIpc) is 2.82. The van der Waals surface area contributed by atoms with E-state index >= 15 is 0 Å². The molecule has 0 atom stereocenters. The van der Waals surface area contributed by atoms with Crippen molar-refractivity contribution in [3.05, 3.63) is 84.4 Å². The molecule has 0 bridgehead atoms. The highest BCUT2D eigenvalue weighted by Crippen LogP contribution is 2.26. The summed E-state index contributed by atoms with van der Waals surface area (Å²) in [5.41, 5.74) is 4.23. The molecule has 4 aromatic carbocycles. The molecule has 31 heavy (non-hydrogen) atoms. The maximum absolute atomic E-state index is 12.3. The number of carbonyl (C=O) groups excluding carboxylic acids is 1. The number of amides is 1. The van der Waals surface area contributed by atoms with Crippen molar-refractivity contribution < 1.29 is 9.53 Å². The van der Waals surface area contributed by atoms with Crippen LogP contribution in [0.25, 0.3) is 21.5 Å². The van der Waals surface area contributed by atoms with Gasteiger partial charge in [0, 0.05) is 16.6 Å². The van der Waals surface area contributed by atoms with Gasteiger partial charge in [-0.25, -0.2) is 5.43 Å². The minimum Gasteiger partial charge on any atom is -0.480 e. The lowest BCUT2D eigenvalue weighted by Gasteiger charge is -2.10. The van der Waals surface area contributed by atoms with E-state index in [1.54, 1.807) is 6.21 Å². The first kappa shape index (κ1) is 20.0. The molecule has 0 aromatic heterocycles. The van der Waals surface area contributed by atoms with Crippen LogP contribution in [0.4, 0.5) is 5.69 Å². The summed E-state index contributed by atoms with van der Waals surface area (Å²) in [4.78, 5) is 12.3. The number of nitrogens with zero attached hydrogens (tertiary/aromatic N) is 1. The lowest BCUT2D eigenvalue weighted by Crippen LogP contribution is -2.26. The number of carbonyl (C=O) groups is 1. The van der Waals surface area contributed by atoms with Gasteiger partial charge in [-0.2, -0.15) is 5.10 Å². The Morgan fingerprint density at radius 3 is 2.45 bits per heavy atom. The molecule has 152 valence electrons. The van der Waals surface area contributed by atoms with Crippen molar-refractivity contribution in [2.75, 3.05) is 18.5 Å². The molecule has 2 N–H and O–H groups in total. The lowest BCUT2D eigenvalue weighted by atomic mass is 10.0. The Morgan fingerprint density at radius 1 is 0.935 bits per heavy atom. The SMILES string of the molecule is C#CCOc1ccc2ccccc2c1/C=N\NC(=O)CNc1cccc2ccccc12. The molecular weight excluding hydrogens is 386 g/mol. The van der Waals surface area contributed by atoms with Crippen molar-refractivity contribution in [1.29, 1.82) is 0 Å². The molecule has 0 aliphatic rings. The van der Waals surface area contributed by atoms with Crippen LogP contribution in [-0.2, 0) is 4.79 Å². The van der Waals surface area contributed by atoms with Gasteiger partial charge in [0.1, 0.15) is 12.4 Å². The fraction of sp³-hybridized carbons (Fsp3) is 0.0769. The van der Waals surface area contributed by atoms with E-state index in [9.17, 15) is 4.79 Å². The van der Waals surface area contributed by atoms with Crippen LogP contribution in [0, 0.1) is 12.3 Å². The number of hydrogen-bond acceptors (Lipinski definition) is 4. The Bertz CT molecular complexity index is 1300. The second-order valence-electron chi connectivity index (χ2n) is 6.86. The highest BCUT2D eigenvalue weighted by Gasteiger charge is 2.08. The normalized spacial score (nSPS) is 10.8. The molecule has 0 saturated heterocycles. The van der Waals surface area contributed by atoms with Gasteiger partial charge in [0.15, 0.2) is 0 Å². The standard InChI is InChI=1S/C26H21N3O2/c1-2-16-31-25-15-14-20-9-3-5-11-21(20)23(25)17-28-29-26(30)18-27-24-13-7-10-19-8-4-6-12-22(19)24/h1,3-15,17,27H,16,18H2,(H,29,30)/b28-17-. The Balaban J connectivity index is 1.46. The van der Waals surface area contributed by atoms with Crippen LogP contribution >= 0.6 is 0 Å². The third kappa shape index (κ3) is 4.65. The summed E-state index contributed by atoms with van der Waals surface area (Å²) in [6.45, 7) is 0.252. The second-order valence-corrected chi connectivity index (χ2v) is 6.86. The summed E-state index contributed by atoms with van der Waals surface area (Å²) in [5, 5.41) is 11.5. The Kier molecular flexibility index (Phi) is 6.10. The minimum absolute atomic E-state index is 0.0985. The lowest BCUT2D eigenvalue weighted by molar-refractivity contribution is -0.119. The van der Waals surface area contributed by atoms with Crippen molar-refractivity contribution in [3.8, 4) is 18.1 Å². The van der Waals surface area contributed by atoms with E-state index in [1.165, 1.54) is 0 Å². The summed E-state index contributed by atoms with van der Waals surface area (Å²) >= 11 is 0. The van der Waals surface area contributed by atoms with Crippen LogP contribution in [0.3, 0.4) is 0 Å². The molecule has 0 radical (unpaired) electrons. The van der Waals surface area contributed by atoms with Crippen molar-refractivity contribution in [2.24, 2.45) is 5.10 Å². The molecule has 5 nitrogen and oxygen atoms in total. The van der Waals surface area contributed by atoms with Gasteiger partial charge in [-0.1, -0.05) is 72.7 Å². The van der Waals surface area contributed by atoms with Crippen LogP contribution in [-0.4, -0.2) is 25.3 Å². The summed E-state index contributed by atoms with van der Waals surface area (Å²) in [7, 11) is 0. The monoisotopic (exact) mass is 407 g/mol. The highest BCUT2D eigenvalue weighted by molar-refractivity contribution is 6.03. The Hall–Kier alpha value is -4.30. The van der Waals surface area contributed by atoms with Crippen molar-refractivity contribution in [2.45, 2.75) is 0 Å². The largest absolute Gasteiger partial charge is 0.480 e. The maximum atomic E-state index is 12.3. The molecule has 1 amide bonds. The number of fused-ring (bicyclic) bond motifs is 2. The first-order valence-corrected chi connectivity index (χ1v) is 9.88. The van der Waals surface area contributed by atoms with Crippen molar-refractivity contribution >= 4 is 39.4 Å². The molecule has 0 saturated carbocycles. The first-order valence-electron chi connectivity index (χ1n) is 9.88. The number of ether oxygens (including phenoxy) is 1. The highest BCUT2D eigenvalue weighted by atomic mass is 16.5. The Labute approximate surface area is 180 Å². The van der Waals surface area contributed by atoms with Crippen LogP contribution in [0.2, 0.25) is 0 Å². The average molecular weight is 407 g/mol. The predicted octanol–water partition coefficient (Wildman–Crippen LogP) is 4.57. The zero-order valence-electron chi connectivity index (χ0n) is 16.8. The molecular formula is C26H21N3O2. The fourth-order valence-electron chi connectivity index (χ4n) is 3.42. The van der Waals surface area contributed by atoms with Crippen LogP contribution in [0.1, 0.15) is 5.56 Å². The number of terminal acetylenes is 1. The number of rotatable bonds is 7. The molecule has 0 unspecified atom stereocenters. The van der Waals surface area contributed by atoms with Crippen molar-refractivity contribution in [3.63, 3.8) is 0 Å². The summed E-state index contributed by atoms with van der Waals surface area (Å²) in [6, 6.07) is 25.7. The molecule has 4 rings (SSSR count). The molecule has 0 heterocycles. The van der Waals surface area contributed by atoms with Crippen LogP contribution in [0.5, 0.6) is 5.75 Å². The summed E-state index contributed by atoms with van der Waals surface area (Å²) < 4.78 is 5.65. The quantitative estimate of drug-likeness (QED) is 0.268. The van der Waals surface area contributed by atoms with Gasteiger partial charge < -0.3 is 10.1 Å². The number of anilines is 1. The van der Waals surface area contributed by atoms with Gasteiger partial charge in [-0.3, -0.25) is 4.79 Å². The fourth-order valence-corrected chi connectivity index (χ4v) is 3.42. The molecule has 0 aliphatic carbocycles. The summed E-state index contributed by atoms with van der Waals surface area (Å²) in [5.74, 6) is 2.83. The number of benzene rings is 4. The number of hydrogen-bond donors (Lipinski definition) is 2. The third-order valence-corrected chi connectivity index (χ3v) is 4.85. The summed E-state index contributed by atoms with van der Waals surface area (Å²) in [6.07, 6.45) is 6.91. The van der Waals surface area contributed by atoms with Crippen molar-refractivity contribution in [1.82, 2.24) is 5.43 Å². The van der Waals surface area contributed by atoms with Gasteiger partial charge in [0.05, 0.1) is 12.8 Å². The van der Waals surface area contributed by atoms with E-state index in [-0.39, 0.29) is 19.1 Å². The minimum atomic E-state index is -0.254. The molecule has 0 aliphatic heterocycles. The van der Waals surface area contributed by atoms with E-state index < -0.39 is 0 Å². The van der Waals surface area contributed by atoms with Gasteiger partial charge >= 0.3 is 0 Å². The zero-order chi connectivity index (χ0) is 21.5. The van der Waals surface area contributed by atoms with Gasteiger partial charge in [-0.15, -0.1) is 6.42 Å².